The number of phenols is 1. The molecule has 3 aromatic carbocycles. The zero-order valence-corrected chi connectivity index (χ0v) is 21.1. The fourth-order valence-corrected chi connectivity index (χ4v) is 3.76. The number of carbonyl (C=O) groups is 1. The minimum atomic E-state index is -0.438. The molecule has 0 saturated heterocycles. The Hall–Kier alpha value is -4.50. The molecule has 0 aliphatic carbocycles. The zero-order chi connectivity index (χ0) is 26.4. The standard InChI is InChI=1S/C27H24ClN3O6/c1-34-19-13-23(33)27(26(14-19)36-3)22(32)10-8-17-9-11-24(35-2)25(12-17)37-16-18-15-31(30-29-18)21-7-5-4-6-20(21)28/h4-15,33H,16H2,1-3H3/b10-8+. The summed E-state index contributed by atoms with van der Waals surface area (Å²) in [6, 6.07) is 15.4. The Bertz CT molecular complexity index is 1450. The maximum Gasteiger partial charge on any atom is 0.193 e. The molecule has 10 heteroatoms. The average Bonchev–Trinajstić information content (AvgIpc) is 3.39. The summed E-state index contributed by atoms with van der Waals surface area (Å²) in [5.41, 5.74) is 2.00. The maximum atomic E-state index is 12.8. The van der Waals surface area contributed by atoms with Crippen LogP contribution >= 0.6 is 11.6 Å². The number of halogens is 1. The fraction of sp³-hybridized carbons (Fsp3) is 0.148. The van der Waals surface area contributed by atoms with Crippen LogP contribution in [-0.2, 0) is 6.61 Å². The molecule has 0 aliphatic rings. The Morgan fingerprint density at radius 2 is 1.78 bits per heavy atom. The van der Waals surface area contributed by atoms with Gasteiger partial charge in [0.05, 0.1) is 38.2 Å². The van der Waals surface area contributed by atoms with E-state index in [1.54, 1.807) is 41.2 Å². The number of hydrogen-bond donors (Lipinski definition) is 1. The molecule has 0 radical (unpaired) electrons. The van der Waals surface area contributed by atoms with Crippen LogP contribution in [0.15, 0.2) is 66.9 Å². The van der Waals surface area contributed by atoms with E-state index in [2.05, 4.69) is 10.3 Å². The average molecular weight is 522 g/mol. The summed E-state index contributed by atoms with van der Waals surface area (Å²) >= 11 is 6.23. The summed E-state index contributed by atoms with van der Waals surface area (Å²) in [6.45, 7) is 0.129. The van der Waals surface area contributed by atoms with Crippen molar-refractivity contribution in [1.82, 2.24) is 15.0 Å². The number of aromatic nitrogens is 3. The molecule has 1 N–H and O–H groups in total. The summed E-state index contributed by atoms with van der Waals surface area (Å²) in [5.74, 6) is 0.862. The van der Waals surface area contributed by atoms with Crippen LogP contribution in [0.3, 0.4) is 0 Å². The second kappa shape index (κ2) is 11.5. The van der Waals surface area contributed by atoms with Crippen molar-refractivity contribution in [3.63, 3.8) is 0 Å². The second-order valence-corrected chi connectivity index (χ2v) is 8.13. The number of allylic oxidation sites excluding steroid dienone is 1. The lowest BCUT2D eigenvalue weighted by atomic mass is 10.1. The van der Waals surface area contributed by atoms with Crippen LogP contribution in [-0.4, -0.2) is 47.2 Å². The topological polar surface area (TPSA) is 105 Å². The van der Waals surface area contributed by atoms with Crippen LogP contribution in [0, 0.1) is 0 Å². The van der Waals surface area contributed by atoms with E-state index in [-0.39, 0.29) is 23.7 Å². The molecule has 0 spiro atoms. The van der Waals surface area contributed by atoms with Gasteiger partial charge in [-0.05, 0) is 35.9 Å². The van der Waals surface area contributed by atoms with Crippen LogP contribution in [0.1, 0.15) is 21.6 Å². The first-order valence-corrected chi connectivity index (χ1v) is 11.5. The summed E-state index contributed by atoms with van der Waals surface area (Å²) < 4.78 is 23.3. The molecule has 190 valence electrons. The van der Waals surface area contributed by atoms with E-state index in [1.165, 1.54) is 39.5 Å². The Kier molecular flexibility index (Phi) is 7.95. The normalized spacial score (nSPS) is 10.9. The molecule has 0 atom stereocenters. The Labute approximate surface area is 218 Å². The first-order valence-electron chi connectivity index (χ1n) is 11.1. The summed E-state index contributed by atoms with van der Waals surface area (Å²) in [4.78, 5) is 12.8. The number of ether oxygens (including phenoxy) is 4. The van der Waals surface area contributed by atoms with Crippen LogP contribution in [0.5, 0.6) is 28.7 Å². The lowest BCUT2D eigenvalue weighted by Crippen LogP contribution is -2.01. The van der Waals surface area contributed by atoms with Gasteiger partial charge in [0, 0.05) is 12.1 Å². The molecule has 0 fully saturated rings. The monoisotopic (exact) mass is 521 g/mol. The number of phenolic OH excluding ortho intramolecular Hbond substituents is 1. The van der Waals surface area contributed by atoms with Gasteiger partial charge < -0.3 is 24.1 Å². The van der Waals surface area contributed by atoms with Crippen molar-refractivity contribution in [2.45, 2.75) is 6.61 Å². The molecule has 37 heavy (non-hydrogen) atoms. The van der Waals surface area contributed by atoms with Crippen molar-refractivity contribution in [2.75, 3.05) is 21.3 Å². The molecule has 0 saturated carbocycles. The molecule has 9 nitrogen and oxygen atoms in total. The van der Waals surface area contributed by atoms with Crippen molar-refractivity contribution in [3.8, 4) is 34.4 Å². The van der Waals surface area contributed by atoms with Crippen molar-refractivity contribution in [2.24, 2.45) is 0 Å². The molecule has 0 unspecified atom stereocenters. The molecular formula is C27H24ClN3O6. The minimum Gasteiger partial charge on any atom is -0.507 e. The predicted molar refractivity (Wildman–Crippen MR) is 138 cm³/mol. The van der Waals surface area contributed by atoms with E-state index >= 15 is 0 Å². The Morgan fingerprint density at radius 1 is 1.00 bits per heavy atom. The molecule has 0 amide bonds. The van der Waals surface area contributed by atoms with Gasteiger partial charge in [-0.1, -0.05) is 41.1 Å². The number of benzene rings is 3. The SMILES string of the molecule is COc1cc(O)c(C(=O)/C=C/c2ccc(OC)c(OCc3cn(-c4ccccc4Cl)nn3)c2)c(OC)c1. The van der Waals surface area contributed by atoms with Gasteiger partial charge in [-0.3, -0.25) is 4.79 Å². The van der Waals surface area contributed by atoms with E-state index in [0.29, 0.717) is 39.2 Å². The number of ketones is 1. The fourth-order valence-electron chi connectivity index (χ4n) is 3.54. The van der Waals surface area contributed by atoms with E-state index in [9.17, 15) is 9.90 Å². The van der Waals surface area contributed by atoms with Crippen LogP contribution in [0.2, 0.25) is 5.02 Å². The van der Waals surface area contributed by atoms with Gasteiger partial charge in [0.1, 0.15) is 35.1 Å². The number of hydrogen-bond acceptors (Lipinski definition) is 8. The summed E-state index contributed by atoms with van der Waals surface area (Å²) in [7, 11) is 4.41. The number of nitrogens with zero attached hydrogens (tertiary/aromatic N) is 3. The number of methoxy groups -OCH3 is 3. The predicted octanol–water partition coefficient (Wildman–Crippen LogP) is 5.13. The third-order valence-electron chi connectivity index (χ3n) is 5.39. The minimum absolute atomic E-state index is 0.0335. The van der Waals surface area contributed by atoms with E-state index in [4.69, 9.17) is 30.5 Å². The molecule has 0 bridgehead atoms. The lowest BCUT2D eigenvalue weighted by Gasteiger charge is -2.11. The largest absolute Gasteiger partial charge is 0.507 e. The van der Waals surface area contributed by atoms with Crippen molar-refractivity contribution in [3.05, 3.63) is 88.7 Å². The highest BCUT2D eigenvalue weighted by Crippen LogP contribution is 2.34. The van der Waals surface area contributed by atoms with E-state index < -0.39 is 5.78 Å². The van der Waals surface area contributed by atoms with Crippen LogP contribution in [0.25, 0.3) is 11.8 Å². The van der Waals surface area contributed by atoms with E-state index in [1.807, 2.05) is 18.2 Å². The molecular weight excluding hydrogens is 498 g/mol. The van der Waals surface area contributed by atoms with Gasteiger partial charge in [-0.25, -0.2) is 4.68 Å². The van der Waals surface area contributed by atoms with Gasteiger partial charge in [0.15, 0.2) is 17.3 Å². The molecule has 4 aromatic rings. The number of rotatable bonds is 10. The van der Waals surface area contributed by atoms with Crippen molar-refractivity contribution in [1.29, 1.82) is 0 Å². The number of aromatic hydroxyl groups is 1. The highest BCUT2D eigenvalue weighted by Gasteiger charge is 2.17. The Balaban J connectivity index is 1.51. The maximum absolute atomic E-state index is 12.8. The van der Waals surface area contributed by atoms with Gasteiger partial charge in [0.25, 0.3) is 0 Å². The van der Waals surface area contributed by atoms with E-state index in [0.717, 1.165) is 0 Å². The van der Waals surface area contributed by atoms with Crippen molar-refractivity contribution < 1.29 is 28.8 Å². The molecule has 1 heterocycles. The summed E-state index contributed by atoms with van der Waals surface area (Å²) in [6.07, 6.45) is 4.67. The number of para-hydroxylation sites is 1. The smallest absolute Gasteiger partial charge is 0.193 e. The van der Waals surface area contributed by atoms with Crippen molar-refractivity contribution >= 4 is 23.5 Å². The van der Waals surface area contributed by atoms with Gasteiger partial charge >= 0.3 is 0 Å². The highest BCUT2D eigenvalue weighted by atomic mass is 35.5. The zero-order valence-electron chi connectivity index (χ0n) is 20.3. The Morgan fingerprint density at radius 3 is 2.51 bits per heavy atom. The second-order valence-electron chi connectivity index (χ2n) is 7.73. The summed E-state index contributed by atoms with van der Waals surface area (Å²) in [5, 5.41) is 19.1. The van der Waals surface area contributed by atoms with Gasteiger partial charge in [-0.15, -0.1) is 5.10 Å². The number of carbonyl (C=O) groups excluding carboxylic acids is 1. The van der Waals surface area contributed by atoms with Crippen LogP contribution < -0.4 is 18.9 Å². The first-order chi connectivity index (χ1) is 17.9. The third kappa shape index (κ3) is 5.84. The highest BCUT2D eigenvalue weighted by molar-refractivity contribution is 6.32. The van der Waals surface area contributed by atoms with Gasteiger partial charge in [0.2, 0.25) is 0 Å². The first kappa shape index (κ1) is 25.6. The molecule has 4 rings (SSSR count). The quantitative estimate of drug-likeness (QED) is 0.226. The van der Waals surface area contributed by atoms with Gasteiger partial charge in [-0.2, -0.15) is 0 Å². The molecule has 0 aliphatic heterocycles. The molecule has 1 aromatic heterocycles. The third-order valence-corrected chi connectivity index (χ3v) is 5.71. The van der Waals surface area contributed by atoms with Crippen LogP contribution in [0.4, 0.5) is 0 Å². The lowest BCUT2D eigenvalue weighted by molar-refractivity contribution is 0.104.